The number of hydrogen-bond acceptors (Lipinski definition) is 4. The highest BCUT2D eigenvalue weighted by atomic mass is 16.5. The van der Waals surface area contributed by atoms with Gasteiger partial charge in [-0.05, 0) is 37.0 Å². The minimum absolute atomic E-state index is 0.00475. The summed E-state index contributed by atoms with van der Waals surface area (Å²) < 4.78 is 4.80. The van der Waals surface area contributed by atoms with Gasteiger partial charge in [0.15, 0.2) is 5.78 Å². The molecule has 0 atom stereocenters. The van der Waals surface area contributed by atoms with Gasteiger partial charge < -0.3 is 9.72 Å². The molecule has 2 heterocycles. The Morgan fingerprint density at radius 3 is 2.62 bits per heavy atom. The van der Waals surface area contributed by atoms with Crippen molar-refractivity contribution in [2.24, 2.45) is 0 Å². The molecule has 0 spiro atoms. The van der Waals surface area contributed by atoms with Crippen LogP contribution in [0.1, 0.15) is 43.2 Å². The lowest BCUT2D eigenvalue weighted by Gasteiger charge is -2.27. The average Bonchev–Trinajstić information content (AvgIpc) is 2.88. The smallest absolute Gasteiger partial charge is 0.339 e. The number of benzene rings is 1. The summed E-state index contributed by atoms with van der Waals surface area (Å²) in [6, 6.07) is 8.35. The SMILES string of the molecule is COC(=O)c1c(C)[nH]c(C(=O)CN2CCc3ccccc3C2)c1C. The molecule has 1 aromatic heterocycles. The van der Waals surface area contributed by atoms with Gasteiger partial charge in [-0.3, -0.25) is 9.69 Å². The third-order valence-electron chi connectivity index (χ3n) is 4.68. The molecule has 0 saturated carbocycles. The van der Waals surface area contributed by atoms with Crippen LogP contribution in [0.2, 0.25) is 0 Å². The van der Waals surface area contributed by atoms with E-state index in [1.165, 1.54) is 18.2 Å². The first-order chi connectivity index (χ1) is 11.5. The van der Waals surface area contributed by atoms with E-state index in [4.69, 9.17) is 4.74 Å². The fourth-order valence-electron chi connectivity index (χ4n) is 3.41. The minimum atomic E-state index is -0.410. The number of nitrogens with one attached hydrogen (secondary N) is 1. The van der Waals surface area contributed by atoms with Crippen LogP contribution in [-0.4, -0.2) is 41.8 Å². The molecule has 0 bridgehead atoms. The Bertz CT molecular complexity index is 792. The molecule has 0 unspecified atom stereocenters. The molecule has 5 heteroatoms. The lowest BCUT2D eigenvalue weighted by molar-refractivity contribution is 0.0599. The zero-order chi connectivity index (χ0) is 17.3. The molecule has 1 aromatic carbocycles. The molecule has 1 aliphatic rings. The molecule has 0 radical (unpaired) electrons. The third kappa shape index (κ3) is 2.99. The molecule has 0 saturated heterocycles. The molecule has 0 aliphatic carbocycles. The van der Waals surface area contributed by atoms with Crippen molar-refractivity contribution >= 4 is 11.8 Å². The maximum atomic E-state index is 12.7. The standard InChI is InChI=1S/C19H22N2O3/c1-12-17(19(23)24-3)13(2)20-18(12)16(22)11-21-9-8-14-6-4-5-7-15(14)10-21/h4-7,20H,8-11H2,1-3H3. The first-order valence-corrected chi connectivity index (χ1v) is 8.11. The van der Waals surface area contributed by atoms with Gasteiger partial charge in [-0.2, -0.15) is 0 Å². The number of aryl methyl sites for hydroxylation is 1. The Morgan fingerprint density at radius 2 is 1.92 bits per heavy atom. The van der Waals surface area contributed by atoms with Crippen molar-refractivity contribution < 1.29 is 14.3 Å². The van der Waals surface area contributed by atoms with E-state index >= 15 is 0 Å². The normalized spacial score (nSPS) is 14.3. The van der Waals surface area contributed by atoms with Crippen molar-refractivity contribution in [3.05, 3.63) is 57.9 Å². The van der Waals surface area contributed by atoms with Crippen LogP contribution in [0.25, 0.3) is 0 Å². The molecule has 2 aromatic rings. The number of aromatic amines is 1. The van der Waals surface area contributed by atoms with Crippen LogP contribution in [0.4, 0.5) is 0 Å². The Morgan fingerprint density at radius 1 is 1.21 bits per heavy atom. The van der Waals surface area contributed by atoms with Gasteiger partial charge >= 0.3 is 5.97 Å². The van der Waals surface area contributed by atoms with Crippen LogP contribution in [0.3, 0.4) is 0 Å². The number of carbonyl (C=O) groups is 2. The molecular weight excluding hydrogens is 304 g/mol. The first-order valence-electron chi connectivity index (χ1n) is 8.11. The van der Waals surface area contributed by atoms with E-state index in [1.807, 2.05) is 6.07 Å². The van der Waals surface area contributed by atoms with E-state index in [0.717, 1.165) is 19.5 Å². The average molecular weight is 326 g/mol. The fourth-order valence-corrected chi connectivity index (χ4v) is 3.41. The number of ether oxygens (including phenoxy) is 1. The van der Waals surface area contributed by atoms with Crippen molar-refractivity contribution in [3.63, 3.8) is 0 Å². The zero-order valence-corrected chi connectivity index (χ0v) is 14.3. The summed E-state index contributed by atoms with van der Waals surface area (Å²) in [6.45, 7) is 5.56. The summed E-state index contributed by atoms with van der Waals surface area (Å²) in [5, 5.41) is 0. The van der Waals surface area contributed by atoms with Crippen LogP contribution < -0.4 is 0 Å². The van der Waals surface area contributed by atoms with E-state index in [2.05, 4.69) is 28.1 Å². The number of ketones is 1. The molecule has 3 rings (SSSR count). The van der Waals surface area contributed by atoms with Crippen molar-refractivity contribution in [2.75, 3.05) is 20.2 Å². The molecule has 24 heavy (non-hydrogen) atoms. The van der Waals surface area contributed by atoms with Gasteiger partial charge in [-0.15, -0.1) is 0 Å². The van der Waals surface area contributed by atoms with Gasteiger partial charge in [-0.1, -0.05) is 24.3 Å². The van der Waals surface area contributed by atoms with Crippen LogP contribution >= 0.6 is 0 Å². The van der Waals surface area contributed by atoms with Crippen molar-refractivity contribution in [3.8, 4) is 0 Å². The summed E-state index contributed by atoms with van der Waals surface area (Å²) in [5.74, 6) is -0.405. The predicted octanol–water partition coefficient (Wildman–Crippen LogP) is 2.66. The molecule has 0 fully saturated rings. The van der Waals surface area contributed by atoms with Crippen LogP contribution in [0.15, 0.2) is 24.3 Å². The topological polar surface area (TPSA) is 62.4 Å². The quantitative estimate of drug-likeness (QED) is 0.693. The second-order valence-corrected chi connectivity index (χ2v) is 6.27. The highest BCUT2D eigenvalue weighted by Gasteiger charge is 2.24. The van der Waals surface area contributed by atoms with E-state index in [0.29, 0.717) is 29.1 Å². The number of hydrogen-bond donors (Lipinski definition) is 1. The number of methoxy groups -OCH3 is 1. The molecular formula is C19H22N2O3. The maximum Gasteiger partial charge on any atom is 0.339 e. The van der Waals surface area contributed by atoms with Crippen molar-refractivity contribution in [1.82, 2.24) is 9.88 Å². The monoisotopic (exact) mass is 326 g/mol. The van der Waals surface area contributed by atoms with Crippen molar-refractivity contribution in [2.45, 2.75) is 26.8 Å². The van der Waals surface area contributed by atoms with Crippen LogP contribution in [-0.2, 0) is 17.7 Å². The minimum Gasteiger partial charge on any atom is -0.465 e. The summed E-state index contributed by atoms with van der Waals surface area (Å²) in [7, 11) is 1.35. The molecule has 1 N–H and O–H groups in total. The Labute approximate surface area is 141 Å². The number of esters is 1. The van der Waals surface area contributed by atoms with E-state index < -0.39 is 5.97 Å². The number of nitrogens with zero attached hydrogens (tertiary/aromatic N) is 1. The van der Waals surface area contributed by atoms with Gasteiger partial charge in [-0.25, -0.2) is 4.79 Å². The lowest BCUT2D eigenvalue weighted by Crippen LogP contribution is -2.35. The van der Waals surface area contributed by atoms with Gasteiger partial charge in [0.05, 0.1) is 24.9 Å². The Kier molecular flexibility index (Phi) is 4.53. The summed E-state index contributed by atoms with van der Waals surface area (Å²) in [4.78, 5) is 29.8. The molecule has 126 valence electrons. The van der Waals surface area contributed by atoms with Gasteiger partial charge in [0.1, 0.15) is 0 Å². The lowest BCUT2D eigenvalue weighted by atomic mass is 9.99. The van der Waals surface area contributed by atoms with Crippen molar-refractivity contribution in [1.29, 1.82) is 0 Å². The van der Waals surface area contributed by atoms with Gasteiger partial charge in [0, 0.05) is 18.8 Å². The second kappa shape index (κ2) is 6.61. The zero-order valence-electron chi connectivity index (χ0n) is 14.3. The summed E-state index contributed by atoms with van der Waals surface area (Å²) in [5.41, 5.74) is 4.96. The maximum absolute atomic E-state index is 12.7. The number of carbonyl (C=O) groups excluding carboxylic acids is 2. The fraction of sp³-hybridized carbons (Fsp3) is 0.368. The number of H-pyrrole nitrogens is 1. The number of fused-ring (bicyclic) bond motifs is 1. The Balaban J connectivity index is 1.76. The second-order valence-electron chi connectivity index (χ2n) is 6.27. The Hall–Kier alpha value is -2.40. The van der Waals surface area contributed by atoms with E-state index in [9.17, 15) is 9.59 Å². The highest BCUT2D eigenvalue weighted by Crippen LogP contribution is 2.22. The highest BCUT2D eigenvalue weighted by molar-refractivity contribution is 6.02. The van der Waals surface area contributed by atoms with E-state index in [1.54, 1.807) is 13.8 Å². The number of aromatic nitrogens is 1. The molecule has 0 amide bonds. The predicted molar refractivity (Wildman–Crippen MR) is 91.4 cm³/mol. The van der Waals surface area contributed by atoms with E-state index in [-0.39, 0.29) is 5.78 Å². The van der Waals surface area contributed by atoms with Gasteiger partial charge in [0.2, 0.25) is 0 Å². The largest absolute Gasteiger partial charge is 0.465 e. The molecule has 5 nitrogen and oxygen atoms in total. The third-order valence-corrected chi connectivity index (χ3v) is 4.68. The summed E-state index contributed by atoms with van der Waals surface area (Å²) in [6.07, 6.45) is 0.958. The van der Waals surface area contributed by atoms with Gasteiger partial charge in [0.25, 0.3) is 0 Å². The first kappa shape index (κ1) is 16.5. The number of rotatable bonds is 4. The number of Topliss-reactive ketones (excluding diaryl/α,β-unsaturated/α-hetero) is 1. The summed E-state index contributed by atoms with van der Waals surface area (Å²) >= 11 is 0. The van der Waals surface area contributed by atoms with Crippen LogP contribution in [0.5, 0.6) is 0 Å². The van der Waals surface area contributed by atoms with Crippen LogP contribution in [0, 0.1) is 13.8 Å². The molecule has 1 aliphatic heterocycles.